The minimum absolute atomic E-state index is 0.000741. The predicted octanol–water partition coefficient (Wildman–Crippen LogP) is -0.278. The van der Waals surface area contributed by atoms with Crippen molar-refractivity contribution in [1.29, 1.82) is 0 Å². The first-order valence-corrected chi connectivity index (χ1v) is 4.01. The molecule has 0 unspecified atom stereocenters. The van der Waals surface area contributed by atoms with E-state index in [9.17, 15) is 9.59 Å². The SMILES string of the molecule is C=C(S)N1N=C(C(=O)NC)CC1=O. The number of hydrazone groups is 1. The molecule has 0 saturated heterocycles. The average molecular weight is 199 g/mol. The van der Waals surface area contributed by atoms with Crippen molar-refractivity contribution >= 4 is 30.2 Å². The van der Waals surface area contributed by atoms with Crippen molar-refractivity contribution in [3.8, 4) is 0 Å². The summed E-state index contributed by atoms with van der Waals surface area (Å²) in [6, 6.07) is 0. The third kappa shape index (κ3) is 1.89. The van der Waals surface area contributed by atoms with Gasteiger partial charge >= 0.3 is 0 Å². The minimum atomic E-state index is -0.356. The molecule has 1 aliphatic heterocycles. The quantitative estimate of drug-likeness (QED) is 0.601. The second kappa shape index (κ2) is 3.61. The Labute approximate surface area is 80.9 Å². The summed E-state index contributed by atoms with van der Waals surface area (Å²) in [5.74, 6) is -0.649. The van der Waals surface area contributed by atoms with E-state index in [1.807, 2.05) is 0 Å². The number of carbonyl (C=O) groups is 2. The van der Waals surface area contributed by atoms with Crippen molar-refractivity contribution in [1.82, 2.24) is 10.3 Å². The van der Waals surface area contributed by atoms with Gasteiger partial charge in [0.1, 0.15) is 5.71 Å². The third-order valence-electron chi connectivity index (χ3n) is 1.51. The summed E-state index contributed by atoms with van der Waals surface area (Å²) < 4.78 is 0. The first-order valence-electron chi connectivity index (χ1n) is 3.56. The van der Waals surface area contributed by atoms with Crippen molar-refractivity contribution < 1.29 is 9.59 Å². The fraction of sp³-hybridized carbons (Fsp3) is 0.286. The Morgan fingerprint density at radius 1 is 1.77 bits per heavy atom. The van der Waals surface area contributed by atoms with Crippen LogP contribution in [0.4, 0.5) is 0 Å². The Morgan fingerprint density at radius 3 is 2.77 bits per heavy atom. The molecule has 5 nitrogen and oxygen atoms in total. The van der Waals surface area contributed by atoms with E-state index in [2.05, 4.69) is 29.6 Å². The summed E-state index contributed by atoms with van der Waals surface area (Å²) >= 11 is 3.86. The molecule has 1 aliphatic rings. The van der Waals surface area contributed by atoms with Gasteiger partial charge in [-0.15, -0.1) is 12.6 Å². The van der Waals surface area contributed by atoms with Crippen LogP contribution in [0.5, 0.6) is 0 Å². The summed E-state index contributed by atoms with van der Waals surface area (Å²) in [6.07, 6.45) is -0.000741. The Kier molecular flexibility index (Phi) is 2.72. The van der Waals surface area contributed by atoms with Gasteiger partial charge in [-0.2, -0.15) is 10.1 Å². The van der Waals surface area contributed by atoms with Crippen molar-refractivity contribution in [2.75, 3.05) is 7.05 Å². The van der Waals surface area contributed by atoms with Gasteiger partial charge in [-0.05, 0) is 0 Å². The largest absolute Gasteiger partial charge is 0.354 e. The molecule has 70 valence electrons. The molecular formula is C7H9N3O2S. The highest BCUT2D eigenvalue weighted by molar-refractivity contribution is 7.84. The Hall–Kier alpha value is -1.30. The van der Waals surface area contributed by atoms with E-state index in [1.54, 1.807) is 0 Å². The molecule has 0 atom stereocenters. The maximum Gasteiger partial charge on any atom is 0.267 e. The molecule has 0 aliphatic carbocycles. The molecule has 1 N–H and O–H groups in total. The average Bonchev–Trinajstić information content (AvgIpc) is 2.46. The van der Waals surface area contributed by atoms with Crippen LogP contribution in [0.3, 0.4) is 0 Å². The molecule has 0 aromatic heterocycles. The number of carbonyl (C=O) groups excluding carboxylic acids is 2. The highest BCUT2D eigenvalue weighted by Crippen LogP contribution is 2.15. The lowest BCUT2D eigenvalue weighted by Crippen LogP contribution is -2.26. The fourth-order valence-corrected chi connectivity index (χ4v) is 1.06. The summed E-state index contributed by atoms with van der Waals surface area (Å²) in [6.45, 7) is 3.44. The molecule has 1 rings (SSSR count). The Balaban J connectivity index is 2.83. The van der Waals surface area contributed by atoms with Crippen LogP contribution in [0.1, 0.15) is 6.42 Å². The van der Waals surface area contributed by atoms with E-state index in [-0.39, 0.29) is 29.0 Å². The van der Waals surface area contributed by atoms with Gasteiger partial charge in [-0.3, -0.25) is 9.59 Å². The van der Waals surface area contributed by atoms with Crippen molar-refractivity contribution in [2.45, 2.75) is 6.42 Å². The maximum atomic E-state index is 11.2. The van der Waals surface area contributed by atoms with Gasteiger partial charge in [0.2, 0.25) is 0 Å². The third-order valence-corrected chi connectivity index (χ3v) is 1.70. The normalized spacial score (nSPS) is 15.7. The highest BCUT2D eigenvalue weighted by Gasteiger charge is 2.28. The Bertz CT molecular complexity index is 311. The van der Waals surface area contributed by atoms with Crippen LogP contribution in [0.25, 0.3) is 0 Å². The number of amides is 2. The van der Waals surface area contributed by atoms with Crippen LogP contribution in [0, 0.1) is 0 Å². The lowest BCUT2D eigenvalue weighted by atomic mass is 10.2. The van der Waals surface area contributed by atoms with Gasteiger partial charge in [-0.25, -0.2) is 0 Å². The molecule has 0 bridgehead atoms. The molecule has 0 aromatic rings. The molecule has 0 saturated carbocycles. The number of nitrogens with zero attached hydrogens (tertiary/aromatic N) is 2. The summed E-state index contributed by atoms with van der Waals surface area (Å²) in [5, 5.41) is 7.36. The van der Waals surface area contributed by atoms with Crippen molar-refractivity contribution in [3.05, 3.63) is 11.6 Å². The van der Waals surface area contributed by atoms with Gasteiger partial charge in [0.05, 0.1) is 11.4 Å². The number of nitrogens with one attached hydrogen (secondary N) is 1. The smallest absolute Gasteiger partial charge is 0.267 e. The number of rotatable bonds is 2. The first-order chi connectivity index (χ1) is 6.06. The molecule has 13 heavy (non-hydrogen) atoms. The Morgan fingerprint density at radius 2 is 2.38 bits per heavy atom. The standard InChI is InChI=1S/C7H9N3O2S/c1-4(13)10-6(11)3-5(9-10)7(12)8-2/h13H,1,3H2,2H3,(H,8,12). The van der Waals surface area contributed by atoms with Gasteiger partial charge in [0, 0.05) is 7.05 Å². The van der Waals surface area contributed by atoms with E-state index in [0.717, 1.165) is 5.01 Å². The van der Waals surface area contributed by atoms with Crippen molar-refractivity contribution in [3.63, 3.8) is 0 Å². The van der Waals surface area contributed by atoms with Crippen molar-refractivity contribution in [2.24, 2.45) is 5.10 Å². The van der Waals surface area contributed by atoms with Crippen LogP contribution in [0.2, 0.25) is 0 Å². The minimum Gasteiger partial charge on any atom is -0.354 e. The van der Waals surface area contributed by atoms with Crippen LogP contribution in [-0.4, -0.2) is 29.6 Å². The predicted molar refractivity (Wildman–Crippen MR) is 51.1 cm³/mol. The lowest BCUT2D eigenvalue weighted by molar-refractivity contribution is -0.126. The van der Waals surface area contributed by atoms with Crippen LogP contribution >= 0.6 is 12.6 Å². The first kappa shape index (κ1) is 9.79. The van der Waals surface area contributed by atoms with E-state index in [4.69, 9.17) is 0 Å². The van der Waals surface area contributed by atoms with Crippen LogP contribution < -0.4 is 5.32 Å². The number of hydrogen-bond acceptors (Lipinski definition) is 4. The summed E-state index contributed by atoms with van der Waals surface area (Å²) in [5.41, 5.74) is 0.183. The zero-order chi connectivity index (χ0) is 10.0. The maximum absolute atomic E-state index is 11.2. The molecule has 0 aromatic carbocycles. The zero-order valence-electron chi connectivity index (χ0n) is 7.07. The lowest BCUT2D eigenvalue weighted by Gasteiger charge is -2.07. The van der Waals surface area contributed by atoms with Crippen LogP contribution in [0.15, 0.2) is 16.7 Å². The van der Waals surface area contributed by atoms with E-state index < -0.39 is 0 Å². The van der Waals surface area contributed by atoms with Gasteiger partial charge in [0.15, 0.2) is 0 Å². The molecule has 6 heteroatoms. The van der Waals surface area contributed by atoms with Crippen LogP contribution in [-0.2, 0) is 9.59 Å². The molecule has 2 amide bonds. The summed E-state index contributed by atoms with van der Waals surface area (Å²) in [7, 11) is 1.48. The van der Waals surface area contributed by atoms with E-state index >= 15 is 0 Å². The number of hydrogen-bond donors (Lipinski definition) is 2. The molecule has 0 spiro atoms. The molecular weight excluding hydrogens is 190 g/mol. The van der Waals surface area contributed by atoms with E-state index in [0.29, 0.717) is 0 Å². The highest BCUT2D eigenvalue weighted by atomic mass is 32.1. The van der Waals surface area contributed by atoms with Gasteiger partial charge in [-0.1, -0.05) is 6.58 Å². The molecule has 0 fully saturated rings. The zero-order valence-corrected chi connectivity index (χ0v) is 7.97. The molecule has 0 radical (unpaired) electrons. The molecule has 1 heterocycles. The van der Waals surface area contributed by atoms with Gasteiger partial charge in [0.25, 0.3) is 11.8 Å². The monoisotopic (exact) mass is 199 g/mol. The topological polar surface area (TPSA) is 61.8 Å². The second-order valence-corrected chi connectivity index (χ2v) is 2.94. The second-order valence-electron chi connectivity index (χ2n) is 2.42. The summed E-state index contributed by atoms with van der Waals surface area (Å²) in [4.78, 5) is 22.2. The van der Waals surface area contributed by atoms with E-state index in [1.165, 1.54) is 7.05 Å². The van der Waals surface area contributed by atoms with Gasteiger partial charge < -0.3 is 5.32 Å². The fourth-order valence-electron chi connectivity index (χ4n) is 0.902. The number of thiol groups is 1.